The Morgan fingerprint density at radius 3 is 0.789 bits per heavy atom. The molecule has 12 rings (SSSR count). The zero-order valence-electron chi connectivity index (χ0n) is 31.6. The van der Waals surface area contributed by atoms with Crippen molar-refractivity contribution in [2.24, 2.45) is 0 Å². The minimum absolute atomic E-state index is 0. The standard InChI is InChI=1S/2C27H20P.Fe/c2*1-5-11-24-19(7-1)13-15-21-17-28(23-9-3-4-10-23)18-22-16-14-20-8-2-6-12-25(20)27(22)26(21)24;/h2*1-16H,17-18H2;/q;;+2. The summed E-state index contributed by atoms with van der Waals surface area (Å²) in [6.45, 7) is 0. The quantitative estimate of drug-likeness (QED) is 0.121. The molecule has 10 radical (unpaired) electrons. The van der Waals surface area contributed by atoms with Gasteiger partial charge in [0.1, 0.15) is 0 Å². The molecule has 2 fully saturated rings. The van der Waals surface area contributed by atoms with Crippen LogP contribution in [0.4, 0.5) is 0 Å². The summed E-state index contributed by atoms with van der Waals surface area (Å²) in [4.78, 5) is 0. The number of fused-ring (bicyclic) bond motifs is 14. The molecule has 2 saturated carbocycles. The molecule has 2 aliphatic carbocycles. The van der Waals surface area contributed by atoms with Gasteiger partial charge in [-0.05, 0) is 164 Å². The average molecular weight is 807 g/mol. The van der Waals surface area contributed by atoms with Crippen molar-refractivity contribution in [3.05, 3.63) is 231 Å². The molecule has 0 atom stereocenters. The van der Waals surface area contributed by atoms with Gasteiger partial charge in [-0.15, -0.1) is 0 Å². The Hall–Kier alpha value is -3.82. The first-order valence-electron chi connectivity index (χ1n) is 19.7. The molecule has 3 heteroatoms. The Morgan fingerprint density at radius 1 is 0.281 bits per heavy atom. The van der Waals surface area contributed by atoms with E-state index >= 15 is 0 Å². The molecule has 0 saturated heterocycles. The smallest absolute Gasteiger partial charge is 0.0898 e. The third kappa shape index (κ3) is 6.88. The van der Waals surface area contributed by atoms with Crippen LogP contribution in [-0.4, -0.2) is 0 Å². The Morgan fingerprint density at radius 2 is 0.526 bits per heavy atom. The van der Waals surface area contributed by atoms with Gasteiger partial charge in [0.2, 0.25) is 0 Å². The first-order chi connectivity index (χ1) is 27.8. The molecule has 0 unspecified atom stereocenters. The molecule has 0 bridgehead atoms. The molecule has 0 amide bonds. The maximum absolute atomic E-state index is 2.38. The second kappa shape index (κ2) is 16.1. The van der Waals surface area contributed by atoms with Crippen molar-refractivity contribution < 1.29 is 17.1 Å². The van der Waals surface area contributed by atoms with Gasteiger partial charge in [0.25, 0.3) is 0 Å². The number of hydrogen-bond acceptors (Lipinski definition) is 0. The van der Waals surface area contributed by atoms with Gasteiger partial charge >= 0.3 is 17.1 Å². The van der Waals surface area contributed by atoms with Gasteiger partial charge in [-0.1, -0.05) is 161 Å². The zero-order valence-corrected chi connectivity index (χ0v) is 34.4. The summed E-state index contributed by atoms with van der Waals surface area (Å²) in [7, 11) is -0.481. The van der Waals surface area contributed by atoms with Gasteiger partial charge in [0, 0.05) is 11.3 Å². The Balaban J connectivity index is 0.000000137. The van der Waals surface area contributed by atoms with Crippen LogP contribution >= 0.6 is 15.8 Å². The maximum atomic E-state index is 2.38. The van der Waals surface area contributed by atoms with Crippen molar-refractivity contribution in [2.75, 3.05) is 0 Å². The van der Waals surface area contributed by atoms with Gasteiger partial charge in [0.15, 0.2) is 0 Å². The van der Waals surface area contributed by atoms with Crippen LogP contribution in [0.25, 0.3) is 65.3 Å². The van der Waals surface area contributed by atoms with E-state index in [0.717, 1.165) is 24.6 Å². The second-order valence-corrected chi connectivity index (χ2v) is 19.7. The van der Waals surface area contributed by atoms with Crippen molar-refractivity contribution >= 4 is 58.9 Å². The van der Waals surface area contributed by atoms with Gasteiger partial charge in [0.05, 0.1) is 0 Å². The van der Waals surface area contributed by atoms with Gasteiger partial charge in [-0.25, -0.2) is 0 Å². The Kier molecular flexibility index (Phi) is 10.6. The van der Waals surface area contributed by atoms with Crippen molar-refractivity contribution in [2.45, 2.75) is 24.6 Å². The fraction of sp³-hybridized carbons (Fsp3) is 0.0741. The van der Waals surface area contributed by atoms with Crippen LogP contribution in [0.1, 0.15) is 22.3 Å². The first kappa shape index (κ1) is 37.4. The normalized spacial score (nSPS) is 17.3. The fourth-order valence-corrected chi connectivity index (χ4v) is 14.3. The second-order valence-electron chi connectivity index (χ2n) is 15.3. The number of hydrogen-bond donors (Lipinski definition) is 0. The molecule has 0 N–H and O–H groups in total. The third-order valence-electron chi connectivity index (χ3n) is 12.0. The third-order valence-corrected chi connectivity index (χ3v) is 17.0. The van der Waals surface area contributed by atoms with E-state index in [1.165, 1.54) is 98.9 Å². The summed E-state index contributed by atoms with van der Waals surface area (Å²) in [6, 6.07) is 54.2. The largest absolute Gasteiger partial charge is 2.00 e. The fourth-order valence-electron chi connectivity index (χ4n) is 9.42. The Labute approximate surface area is 351 Å². The summed E-state index contributed by atoms with van der Waals surface area (Å²) in [5, 5.41) is 10.9. The number of rotatable bonds is 2. The molecule has 2 heterocycles. The average Bonchev–Trinajstić information content (AvgIpc) is 3.94. The van der Waals surface area contributed by atoms with E-state index < -0.39 is 0 Å². The van der Waals surface area contributed by atoms with Crippen LogP contribution in [0, 0.1) is 62.7 Å². The molecule has 0 aromatic heterocycles. The van der Waals surface area contributed by atoms with Crippen molar-refractivity contribution in [3.8, 4) is 22.3 Å². The monoisotopic (exact) mass is 806 g/mol. The van der Waals surface area contributed by atoms with E-state index in [4.69, 9.17) is 0 Å². The van der Waals surface area contributed by atoms with Crippen LogP contribution in [0.3, 0.4) is 0 Å². The maximum Gasteiger partial charge on any atom is 2.00 e. The SMILES string of the molecule is [CH]1[CH][CH][C](P2Cc3ccc4ccccc4c3-c3c(ccc4ccccc34)C2)[CH]1.[CH]1[CH][CH][C](P2Cc3ccc4ccccc4c3-c3c(ccc4ccccc34)C2)[CH]1.[Fe+2]. The van der Waals surface area contributed by atoms with E-state index in [-0.39, 0.29) is 32.9 Å². The minimum atomic E-state index is -0.240. The molecule has 272 valence electrons. The van der Waals surface area contributed by atoms with E-state index in [1.807, 2.05) is 0 Å². The van der Waals surface area contributed by atoms with Crippen LogP contribution in [-0.2, 0) is 41.7 Å². The van der Waals surface area contributed by atoms with E-state index in [9.17, 15) is 0 Å². The van der Waals surface area contributed by atoms with Gasteiger partial charge < -0.3 is 0 Å². The van der Waals surface area contributed by atoms with Crippen LogP contribution in [0.15, 0.2) is 146 Å². The van der Waals surface area contributed by atoms with Crippen molar-refractivity contribution in [3.63, 3.8) is 0 Å². The van der Waals surface area contributed by atoms with E-state index in [2.05, 4.69) is 197 Å². The molecule has 4 aliphatic rings. The molecule has 8 aromatic rings. The van der Waals surface area contributed by atoms with Crippen LogP contribution in [0.2, 0.25) is 0 Å². The summed E-state index contributed by atoms with van der Waals surface area (Å²) >= 11 is 0. The van der Waals surface area contributed by atoms with E-state index in [0.29, 0.717) is 0 Å². The molecular weight excluding hydrogens is 766 g/mol. The summed E-state index contributed by atoms with van der Waals surface area (Å²) in [5.74, 6) is 0. The Bertz CT molecular complexity index is 2390. The summed E-state index contributed by atoms with van der Waals surface area (Å²) in [6.07, 6.45) is 22.6. The molecule has 57 heavy (non-hydrogen) atoms. The minimum Gasteiger partial charge on any atom is -0.0898 e. The molecule has 2 aliphatic heterocycles. The predicted octanol–water partition coefficient (Wildman–Crippen LogP) is 15.0. The predicted molar refractivity (Wildman–Crippen MR) is 243 cm³/mol. The summed E-state index contributed by atoms with van der Waals surface area (Å²) < 4.78 is 0. The first-order valence-corrected chi connectivity index (χ1v) is 23.2. The number of benzene rings is 8. The van der Waals surface area contributed by atoms with Crippen molar-refractivity contribution in [1.82, 2.24) is 0 Å². The molecular formula is C54H40FeP2+2. The topological polar surface area (TPSA) is 0 Å². The molecule has 8 aromatic carbocycles. The van der Waals surface area contributed by atoms with Gasteiger partial charge in [-0.3, -0.25) is 0 Å². The van der Waals surface area contributed by atoms with Crippen LogP contribution in [0.5, 0.6) is 0 Å². The van der Waals surface area contributed by atoms with Crippen LogP contribution < -0.4 is 0 Å². The van der Waals surface area contributed by atoms with Gasteiger partial charge in [-0.2, -0.15) is 0 Å². The molecule has 0 nitrogen and oxygen atoms in total. The molecule has 0 spiro atoms. The summed E-state index contributed by atoms with van der Waals surface area (Å²) in [5.41, 5.74) is 14.9. The van der Waals surface area contributed by atoms with Crippen molar-refractivity contribution in [1.29, 1.82) is 0 Å². The zero-order chi connectivity index (χ0) is 37.0. The van der Waals surface area contributed by atoms with E-state index in [1.54, 1.807) is 0 Å².